The standard InChI is InChI=1S/C21H21FN2O/c1-14-8-10-18(22)21-20(14)17(15(2)24-21)12-13-23-19(25)11-9-16-6-4-3-5-7-16/h3-11,24H,12-13H2,1-2H3,(H,23,25)/b11-9+. The number of carbonyl (C=O) groups excluding carboxylic acids is 1. The fourth-order valence-electron chi connectivity index (χ4n) is 3.06. The molecule has 1 amide bonds. The lowest BCUT2D eigenvalue weighted by molar-refractivity contribution is -0.116. The number of rotatable bonds is 5. The summed E-state index contributed by atoms with van der Waals surface area (Å²) in [5.41, 5.74) is 4.56. The van der Waals surface area contributed by atoms with E-state index in [-0.39, 0.29) is 11.7 Å². The summed E-state index contributed by atoms with van der Waals surface area (Å²) in [6, 6.07) is 12.9. The SMILES string of the molecule is Cc1[nH]c2c(F)ccc(C)c2c1CCNC(=O)/C=C/c1ccccc1. The minimum Gasteiger partial charge on any atom is -0.356 e. The molecule has 2 aromatic carbocycles. The average Bonchev–Trinajstić information content (AvgIpc) is 2.95. The quantitative estimate of drug-likeness (QED) is 0.671. The molecule has 0 bridgehead atoms. The molecule has 0 aliphatic rings. The first-order valence-electron chi connectivity index (χ1n) is 8.33. The van der Waals surface area contributed by atoms with E-state index >= 15 is 0 Å². The van der Waals surface area contributed by atoms with Crippen LogP contribution in [0, 0.1) is 19.7 Å². The Balaban J connectivity index is 1.65. The Kier molecular flexibility index (Phi) is 4.98. The number of H-pyrrole nitrogens is 1. The van der Waals surface area contributed by atoms with Gasteiger partial charge in [-0.15, -0.1) is 0 Å². The number of aromatic nitrogens is 1. The van der Waals surface area contributed by atoms with Gasteiger partial charge in [0.15, 0.2) is 0 Å². The molecule has 25 heavy (non-hydrogen) atoms. The van der Waals surface area contributed by atoms with Crippen LogP contribution in [0.2, 0.25) is 0 Å². The second kappa shape index (κ2) is 7.34. The number of carbonyl (C=O) groups is 1. The Labute approximate surface area is 146 Å². The van der Waals surface area contributed by atoms with Crippen LogP contribution >= 0.6 is 0 Å². The topological polar surface area (TPSA) is 44.9 Å². The average molecular weight is 336 g/mol. The number of fused-ring (bicyclic) bond motifs is 1. The Bertz CT molecular complexity index is 926. The minimum absolute atomic E-state index is 0.135. The maximum Gasteiger partial charge on any atom is 0.244 e. The van der Waals surface area contributed by atoms with Gasteiger partial charge in [0.25, 0.3) is 0 Å². The fraction of sp³-hybridized carbons (Fsp3) is 0.190. The number of nitrogens with one attached hydrogen (secondary N) is 2. The molecular formula is C21H21FN2O. The van der Waals surface area contributed by atoms with Gasteiger partial charge in [0.2, 0.25) is 5.91 Å². The van der Waals surface area contributed by atoms with Gasteiger partial charge in [-0.25, -0.2) is 4.39 Å². The van der Waals surface area contributed by atoms with Crippen molar-refractivity contribution in [1.29, 1.82) is 0 Å². The molecule has 3 rings (SSSR count). The molecule has 3 aromatic rings. The highest BCUT2D eigenvalue weighted by Crippen LogP contribution is 2.27. The van der Waals surface area contributed by atoms with E-state index in [1.54, 1.807) is 12.1 Å². The Morgan fingerprint density at radius 3 is 2.68 bits per heavy atom. The first kappa shape index (κ1) is 17.0. The second-order valence-corrected chi connectivity index (χ2v) is 6.13. The van der Waals surface area contributed by atoms with Gasteiger partial charge in [0.1, 0.15) is 5.82 Å². The maximum absolute atomic E-state index is 14.0. The summed E-state index contributed by atoms with van der Waals surface area (Å²) < 4.78 is 14.0. The van der Waals surface area contributed by atoms with Crippen molar-refractivity contribution in [1.82, 2.24) is 10.3 Å². The van der Waals surface area contributed by atoms with E-state index in [9.17, 15) is 9.18 Å². The highest BCUT2D eigenvalue weighted by atomic mass is 19.1. The molecule has 0 aliphatic carbocycles. The highest BCUT2D eigenvalue weighted by molar-refractivity contribution is 5.92. The zero-order valence-corrected chi connectivity index (χ0v) is 14.4. The van der Waals surface area contributed by atoms with Crippen LogP contribution in [-0.2, 0) is 11.2 Å². The van der Waals surface area contributed by atoms with Gasteiger partial charge in [0.05, 0.1) is 5.52 Å². The van der Waals surface area contributed by atoms with Crippen molar-refractivity contribution >= 4 is 22.9 Å². The zero-order valence-electron chi connectivity index (χ0n) is 14.4. The van der Waals surface area contributed by atoms with Crippen LogP contribution in [-0.4, -0.2) is 17.4 Å². The van der Waals surface area contributed by atoms with Crippen molar-refractivity contribution in [2.75, 3.05) is 6.54 Å². The predicted molar refractivity (Wildman–Crippen MR) is 99.9 cm³/mol. The van der Waals surface area contributed by atoms with Gasteiger partial charge in [-0.3, -0.25) is 4.79 Å². The largest absolute Gasteiger partial charge is 0.356 e. The molecule has 0 saturated heterocycles. The van der Waals surface area contributed by atoms with Crippen molar-refractivity contribution in [3.63, 3.8) is 0 Å². The number of hydrogen-bond acceptors (Lipinski definition) is 1. The van der Waals surface area contributed by atoms with Crippen LogP contribution in [0.15, 0.2) is 48.5 Å². The van der Waals surface area contributed by atoms with Crippen molar-refractivity contribution in [3.05, 3.63) is 76.7 Å². The summed E-state index contributed by atoms with van der Waals surface area (Å²) in [6.45, 7) is 4.41. The van der Waals surface area contributed by atoms with Gasteiger partial charge in [-0.05, 0) is 49.1 Å². The lowest BCUT2D eigenvalue weighted by Crippen LogP contribution is -2.23. The van der Waals surface area contributed by atoms with E-state index in [4.69, 9.17) is 0 Å². The summed E-state index contributed by atoms with van der Waals surface area (Å²) in [4.78, 5) is 15.1. The van der Waals surface area contributed by atoms with Crippen molar-refractivity contribution in [3.8, 4) is 0 Å². The summed E-state index contributed by atoms with van der Waals surface area (Å²) in [6.07, 6.45) is 3.97. The molecule has 0 saturated carbocycles. The third kappa shape index (κ3) is 3.79. The molecule has 0 spiro atoms. The van der Waals surface area contributed by atoms with Crippen molar-refractivity contribution in [2.24, 2.45) is 0 Å². The highest BCUT2D eigenvalue weighted by Gasteiger charge is 2.13. The first-order chi connectivity index (χ1) is 12.1. The Morgan fingerprint density at radius 2 is 1.92 bits per heavy atom. The number of aromatic amines is 1. The monoisotopic (exact) mass is 336 g/mol. The van der Waals surface area contributed by atoms with E-state index in [0.717, 1.165) is 27.8 Å². The Hall–Kier alpha value is -2.88. The van der Waals surface area contributed by atoms with E-state index in [1.807, 2.05) is 44.2 Å². The summed E-state index contributed by atoms with van der Waals surface area (Å²) in [7, 11) is 0. The Morgan fingerprint density at radius 1 is 1.16 bits per heavy atom. The second-order valence-electron chi connectivity index (χ2n) is 6.13. The maximum atomic E-state index is 14.0. The van der Waals surface area contributed by atoms with Gasteiger partial charge in [-0.2, -0.15) is 0 Å². The van der Waals surface area contributed by atoms with E-state index in [2.05, 4.69) is 10.3 Å². The molecule has 0 atom stereocenters. The van der Waals surface area contributed by atoms with Crippen LogP contribution in [0.4, 0.5) is 4.39 Å². The van der Waals surface area contributed by atoms with E-state index in [1.165, 1.54) is 12.1 Å². The lowest BCUT2D eigenvalue weighted by atomic mass is 10.0. The molecule has 0 unspecified atom stereocenters. The zero-order chi connectivity index (χ0) is 17.8. The molecule has 2 N–H and O–H groups in total. The smallest absolute Gasteiger partial charge is 0.244 e. The number of hydrogen-bond donors (Lipinski definition) is 2. The fourth-order valence-corrected chi connectivity index (χ4v) is 3.06. The van der Waals surface area contributed by atoms with Crippen LogP contribution in [0.3, 0.4) is 0 Å². The first-order valence-corrected chi connectivity index (χ1v) is 8.33. The molecule has 3 nitrogen and oxygen atoms in total. The number of benzene rings is 2. The van der Waals surface area contributed by atoms with Gasteiger partial charge < -0.3 is 10.3 Å². The van der Waals surface area contributed by atoms with Crippen LogP contribution in [0.5, 0.6) is 0 Å². The molecule has 1 heterocycles. The van der Waals surface area contributed by atoms with Crippen molar-refractivity contribution < 1.29 is 9.18 Å². The summed E-state index contributed by atoms with van der Waals surface area (Å²) in [5, 5.41) is 3.81. The predicted octanol–water partition coefficient (Wildman–Crippen LogP) is 4.30. The van der Waals surface area contributed by atoms with Crippen LogP contribution in [0.25, 0.3) is 17.0 Å². The molecule has 4 heteroatoms. The van der Waals surface area contributed by atoms with Gasteiger partial charge in [0, 0.05) is 23.7 Å². The summed E-state index contributed by atoms with van der Waals surface area (Å²) >= 11 is 0. The van der Waals surface area contributed by atoms with Crippen LogP contribution in [0.1, 0.15) is 22.4 Å². The normalized spacial score (nSPS) is 11.3. The molecule has 0 fully saturated rings. The van der Waals surface area contributed by atoms with Gasteiger partial charge >= 0.3 is 0 Å². The molecule has 0 radical (unpaired) electrons. The van der Waals surface area contributed by atoms with Gasteiger partial charge in [-0.1, -0.05) is 36.4 Å². The third-order valence-electron chi connectivity index (χ3n) is 4.33. The molecule has 0 aliphatic heterocycles. The minimum atomic E-state index is -0.246. The lowest BCUT2D eigenvalue weighted by Gasteiger charge is -2.05. The van der Waals surface area contributed by atoms with E-state index in [0.29, 0.717) is 18.5 Å². The molecular weight excluding hydrogens is 315 g/mol. The third-order valence-corrected chi connectivity index (χ3v) is 4.33. The number of aryl methyl sites for hydroxylation is 2. The summed E-state index contributed by atoms with van der Waals surface area (Å²) in [5.74, 6) is -0.381. The number of halogens is 1. The van der Waals surface area contributed by atoms with E-state index < -0.39 is 0 Å². The number of amides is 1. The van der Waals surface area contributed by atoms with Crippen molar-refractivity contribution in [2.45, 2.75) is 20.3 Å². The molecule has 1 aromatic heterocycles. The molecule has 128 valence electrons. The van der Waals surface area contributed by atoms with Crippen LogP contribution < -0.4 is 5.32 Å².